The number of aromatic nitrogens is 3. The van der Waals surface area contributed by atoms with Crippen molar-refractivity contribution in [2.24, 2.45) is 0 Å². The lowest BCUT2D eigenvalue weighted by atomic mass is 10.1. The zero-order valence-corrected chi connectivity index (χ0v) is 12.7. The molecular weight excluding hydrogens is 331 g/mol. The molecule has 0 aliphatic rings. The van der Waals surface area contributed by atoms with Gasteiger partial charge in [-0.25, -0.2) is 9.55 Å². The van der Waals surface area contributed by atoms with Crippen molar-refractivity contribution in [3.05, 3.63) is 28.4 Å². The molecule has 2 atom stereocenters. The third-order valence-corrected chi connectivity index (χ3v) is 3.66. The van der Waals surface area contributed by atoms with E-state index in [2.05, 4.69) is 24.8 Å². The summed E-state index contributed by atoms with van der Waals surface area (Å²) in [5, 5.41) is 21.9. The van der Waals surface area contributed by atoms with Gasteiger partial charge in [0.25, 0.3) is 5.56 Å². The second kappa shape index (κ2) is 7.32. The zero-order chi connectivity index (χ0) is 17.0. The quantitative estimate of drug-likeness (QED) is 0.270. The van der Waals surface area contributed by atoms with Crippen LogP contribution in [0.1, 0.15) is 5.56 Å². The molecule has 2 rings (SSSR count). The molecule has 0 bridgehead atoms. The van der Waals surface area contributed by atoms with Gasteiger partial charge in [-0.3, -0.25) is 9.32 Å². The maximum atomic E-state index is 11.6. The van der Waals surface area contributed by atoms with Crippen LogP contribution < -0.4 is 10.9 Å². The number of aliphatic hydroxyl groups is 2. The van der Waals surface area contributed by atoms with Crippen LogP contribution in [-0.2, 0) is 15.6 Å². The SMILES string of the molecule is O=c1[nH]cnc2c(CN[C@H](CO)[C@@H](O)COP(=O)(O)O)c[nH]c12. The van der Waals surface area contributed by atoms with E-state index in [1.165, 1.54) is 6.33 Å². The Hall–Kier alpha value is -1.59. The normalized spacial score (nSPS) is 15.0. The fourth-order valence-electron chi connectivity index (χ4n) is 1.99. The molecule has 7 N–H and O–H groups in total. The topological polar surface area (TPSA) is 181 Å². The van der Waals surface area contributed by atoms with Gasteiger partial charge in [0.15, 0.2) is 0 Å². The minimum absolute atomic E-state index is 0.161. The van der Waals surface area contributed by atoms with Gasteiger partial charge in [0.1, 0.15) is 5.52 Å². The number of nitrogens with zero attached hydrogens (tertiary/aromatic N) is 1. The molecule has 0 aromatic carbocycles. The number of fused-ring (bicyclic) bond motifs is 1. The molecule has 128 valence electrons. The third kappa shape index (κ3) is 4.69. The van der Waals surface area contributed by atoms with E-state index in [0.717, 1.165) is 0 Å². The van der Waals surface area contributed by atoms with Crippen molar-refractivity contribution in [1.29, 1.82) is 0 Å². The Morgan fingerprint density at radius 3 is 2.78 bits per heavy atom. The largest absolute Gasteiger partial charge is 0.469 e. The summed E-state index contributed by atoms with van der Waals surface area (Å²) >= 11 is 0. The van der Waals surface area contributed by atoms with Crippen molar-refractivity contribution >= 4 is 18.9 Å². The number of rotatable bonds is 8. The summed E-state index contributed by atoms with van der Waals surface area (Å²) in [6.07, 6.45) is 1.48. The minimum atomic E-state index is -4.70. The zero-order valence-electron chi connectivity index (χ0n) is 11.8. The van der Waals surface area contributed by atoms with E-state index in [-0.39, 0.29) is 12.1 Å². The standard InChI is InChI=1S/C11H17N4O7P/c16-3-7(8(17)4-22-23(19,20)21)12-1-6-2-13-10-9(6)14-5-15-11(10)18/h2,5,7-8,12-13,16-17H,1,3-4H2,(H,14,15,18)(H2,19,20,21)/t7-,8+/m1/s1. The van der Waals surface area contributed by atoms with Gasteiger partial charge >= 0.3 is 7.82 Å². The Morgan fingerprint density at radius 1 is 1.39 bits per heavy atom. The van der Waals surface area contributed by atoms with Gasteiger partial charge in [0.2, 0.25) is 0 Å². The average Bonchev–Trinajstić information content (AvgIpc) is 2.90. The van der Waals surface area contributed by atoms with Crippen molar-refractivity contribution < 1.29 is 29.1 Å². The molecule has 0 aliphatic heterocycles. The highest BCUT2D eigenvalue weighted by atomic mass is 31.2. The van der Waals surface area contributed by atoms with Gasteiger partial charge in [0.05, 0.1) is 37.2 Å². The van der Waals surface area contributed by atoms with Crippen LogP contribution in [0.25, 0.3) is 11.0 Å². The molecule has 12 heteroatoms. The minimum Gasteiger partial charge on any atom is -0.395 e. The van der Waals surface area contributed by atoms with Crippen molar-refractivity contribution in [2.45, 2.75) is 18.7 Å². The number of phosphoric acid groups is 1. The van der Waals surface area contributed by atoms with E-state index < -0.39 is 33.2 Å². The predicted octanol–water partition coefficient (Wildman–Crippen LogP) is -1.83. The second-order valence-electron chi connectivity index (χ2n) is 4.79. The molecule has 11 nitrogen and oxygen atoms in total. The number of hydrogen-bond donors (Lipinski definition) is 7. The van der Waals surface area contributed by atoms with Gasteiger partial charge in [-0.1, -0.05) is 0 Å². The Kier molecular flexibility index (Phi) is 5.65. The van der Waals surface area contributed by atoms with E-state index >= 15 is 0 Å². The number of phosphoric ester groups is 1. The molecule has 0 radical (unpaired) electrons. The third-order valence-electron chi connectivity index (χ3n) is 3.18. The molecule has 0 saturated carbocycles. The molecule has 23 heavy (non-hydrogen) atoms. The first kappa shape index (κ1) is 17.8. The maximum Gasteiger partial charge on any atom is 0.469 e. The molecule has 0 amide bonds. The fraction of sp³-hybridized carbons (Fsp3) is 0.455. The monoisotopic (exact) mass is 348 g/mol. The van der Waals surface area contributed by atoms with Crippen LogP contribution in [0.15, 0.2) is 17.3 Å². The number of aromatic amines is 2. The molecule has 0 saturated heterocycles. The average molecular weight is 348 g/mol. The first-order valence-corrected chi connectivity index (χ1v) is 8.11. The highest BCUT2D eigenvalue weighted by Gasteiger charge is 2.23. The van der Waals surface area contributed by atoms with Crippen molar-refractivity contribution in [3.8, 4) is 0 Å². The summed E-state index contributed by atoms with van der Waals surface area (Å²) in [5.41, 5.74) is 1.05. The molecule has 2 aromatic rings. The molecular formula is C11H17N4O7P. The molecule has 0 fully saturated rings. The summed E-state index contributed by atoms with van der Waals surface area (Å²) in [7, 11) is -4.70. The summed E-state index contributed by atoms with van der Waals surface area (Å²) in [5.74, 6) is 0. The lowest BCUT2D eigenvalue weighted by Gasteiger charge is -2.22. The number of H-pyrrole nitrogens is 2. The van der Waals surface area contributed by atoms with Gasteiger partial charge in [-0.15, -0.1) is 0 Å². The van der Waals surface area contributed by atoms with Crippen LogP contribution in [0.3, 0.4) is 0 Å². The molecule has 0 spiro atoms. The van der Waals surface area contributed by atoms with E-state index in [1.54, 1.807) is 6.20 Å². The van der Waals surface area contributed by atoms with Crippen molar-refractivity contribution in [2.75, 3.05) is 13.2 Å². The molecule has 2 aromatic heterocycles. The number of aliphatic hydroxyl groups excluding tert-OH is 2. The van der Waals surface area contributed by atoms with Gasteiger partial charge < -0.3 is 35.3 Å². The first-order chi connectivity index (χ1) is 10.8. The second-order valence-corrected chi connectivity index (χ2v) is 6.03. The highest BCUT2D eigenvalue weighted by molar-refractivity contribution is 7.46. The maximum absolute atomic E-state index is 11.6. The van der Waals surface area contributed by atoms with Crippen LogP contribution in [0.4, 0.5) is 0 Å². The summed E-state index contributed by atoms with van der Waals surface area (Å²) < 4.78 is 14.8. The van der Waals surface area contributed by atoms with Gasteiger partial charge in [0, 0.05) is 18.3 Å². The molecule has 2 heterocycles. The molecule has 0 unspecified atom stereocenters. The van der Waals surface area contributed by atoms with Crippen LogP contribution in [-0.4, -0.2) is 60.3 Å². The lowest BCUT2D eigenvalue weighted by Crippen LogP contribution is -2.44. The van der Waals surface area contributed by atoms with Crippen LogP contribution in [0.2, 0.25) is 0 Å². The summed E-state index contributed by atoms with van der Waals surface area (Å²) in [6.45, 7) is -0.967. The summed E-state index contributed by atoms with van der Waals surface area (Å²) in [6, 6.07) is -0.881. The summed E-state index contributed by atoms with van der Waals surface area (Å²) in [4.78, 5) is 38.0. The van der Waals surface area contributed by atoms with Crippen molar-refractivity contribution in [3.63, 3.8) is 0 Å². The van der Waals surface area contributed by atoms with Gasteiger partial charge in [-0.05, 0) is 0 Å². The van der Waals surface area contributed by atoms with Crippen molar-refractivity contribution in [1.82, 2.24) is 20.3 Å². The van der Waals surface area contributed by atoms with E-state index in [0.29, 0.717) is 16.6 Å². The van der Waals surface area contributed by atoms with Crippen LogP contribution >= 0.6 is 7.82 Å². The van der Waals surface area contributed by atoms with Crippen LogP contribution in [0, 0.1) is 0 Å². The predicted molar refractivity (Wildman–Crippen MR) is 78.4 cm³/mol. The number of nitrogens with one attached hydrogen (secondary N) is 3. The molecule has 0 aliphatic carbocycles. The fourth-order valence-corrected chi connectivity index (χ4v) is 2.34. The Labute approximate surface area is 129 Å². The smallest absolute Gasteiger partial charge is 0.395 e. The van der Waals surface area contributed by atoms with Gasteiger partial charge in [-0.2, -0.15) is 0 Å². The van der Waals surface area contributed by atoms with E-state index in [1.807, 2.05) is 0 Å². The highest BCUT2D eigenvalue weighted by Crippen LogP contribution is 2.35. The Morgan fingerprint density at radius 2 is 2.13 bits per heavy atom. The number of hydrogen-bond acceptors (Lipinski definition) is 7. The van der Waals surface area contributed by atoms with E-state index in [4.69, 9.17) is 9.79 Å². The lowest BCUT2D eigenvalue weighted by molar-refractivity contribution is 0.0381. The first-order valence-electron chi connectivity index (χ1n) is 6.58. The Bertz CT molecular complexity index is 754. The van der Waals surface area contributed by atoms with Crippen LogP contribution in [0.5, 0.6) is 0 Å². The van der Waals surface area contributed by atoms with E-state index in [9.17, 15) is 19.6 Å². The Balaban J connectivity index is 2.00.